The average Bonchev–Trinajstić information content (AvgIpc) is 2.93. The van der Waals surface area contributed by atoms with E-state index in [0.717, 1.165) is 27.9 Å². The molecular weight excluding hydrogens is 482 g/mol. The third-order valence-corrected chi connectivity index (χ3v) is 7.06. The fraction of sp³-hybridized carbons (Fsp3) is 0.167. The smallest absolute Gasteiger partial charge is 0.234 e. The van der Waals surface area contributed by atoms with E-state index in [1.807, 2.05) is 86.6 Å². The predicted molar refractivity (Wildman–Crippen MR) is 148 cm³/mol. The summed E-state index contributed by atoms with van der Waals surface area (Å²) in [4.78, 5) is 17.6. The molecule has 37 heavy (non-hydrogen) atoms. The summed E-state index contributed by atoms with van der Waals surface area (Å²) in [6.45, 7) is 3.99. The third-order valence-electron chi connectivity index (χ3n) is 6.08. The molecule has 186 valence electrons. The summed E-state index contributed by atoms with van der Waals surface area (Å²) in [6.07, 6.45) is 0. The Morgan fingerprint density at radius 1 is 0.946 bits per heavy atom. The number of nitriles is 1. The quantitative estimate of drug-likeness (QED) is 0.268. The first-order valence-corrected chi connectivity index (χ1v) is 12.7. The topological polar surface area (TPSA) is 84.2 Å². The molecule has 0 spiro atoms. The molecule has 0 aliphatic heterocycles. The Balaban J connectivity index is 1.73. The highest BCUT2D eigenvalue weighted by Crippen LogP contribution is 2.38. The lowest BCUT2D eigenvalue weighted by molar-refractivity contribution is -0.113. The molecule has 1 N–H and O–H groups in total. The highest BCUT2D eigenvalue weighted by atomic mass is 32.2. The fourth-order valence-corrected chi connectivity index (χ4v) is 4.73. The molecule has 0 saturated heterocycles. The molecule has 1 amide bonds. The first-order valence-electron chi connectivity index (χ1n) is 11.7. The summed E-state index contributed by atoms with van der Waals surface area (Å²) in [7, 11) is 3.15. The van der Waals surface area contributed by atoms with Crippen molar-refractivity contribution in [3.8, 4) is 40.0 Å². The number of rotatable bonds is 8. The zero-order valence-electron chi connectivity index (χ0n) is 21.2. The van der Waals surface area contributed by atoms with E-state index < -0.39 is 0 Å². The van der Waals surface area contributed by atoms with Crippen LogP contribution in [0.2, 0.25) is 0 Å². The molecule has 0 aliphatic rings. The molecule has 1 heterocycles. The molecule has 0 radical (unpaired) electrons. The van der Waals surface area contributed by atoms with Crippen LogP contribution < -0.4 is 14.8 Å². The standard InChI is InChI=1S/C30H27N3O3S/c1-19-9-8-12-25(20(19)2)32-29(34)18-37-30-24(17-31)23(16-26(33-30)21-10-6-5-7-11-21)22-13-14-27(35-3)28(15-22)36-4/h5-16H,18H2,1-4H3,(H,32,34). The summed E-state index contributed by atoms with van der Waals surface area (Å²) in [6, 6.07) is 25.3. The van der Waals surface area contributed by atoms with Crippen LogP contribution in [-0.4, -0.2) is 30.9 Å². The highest BCUT2D eigenvalue weighted by Gasteiger charge is 2.18. The number of benzene rings is 3. The number of anilines is 1. The summed E-state index contributed by atoms with van der Waals surface area (Å²) in [5.74, 6) is 1.10. The zero-order chi connectivity index (χ0) is 26.4. The number of amides is 1. The van der Waals surface area contributed by atoms with Crippen LogP contribution in [0.25, 0.3) is 22.4 Å². The van der Waals surface area contributed by atoms with Crippen molar-refractivity contribution in [3.63, 3.8) is 0 Å². The second-order valence-electron chi connectivity index (χ2n) is 8.37. The van der Waals surface area contributed by atoms with Crippen LogP contribution in [0.5, 0.6) is 11.5 Å². The lowest BCUT2D eigenvalue weighted by atomic mass is 9.99. The fourth-order valence-electron chi connectivity index (χ4n) is 3.93. The second-order valence-corrected chi connectivity index (χ2v) is 9.33. The Morgan fingerprint density at radius 2 is 1.70 bits per heavy atom. The van der Waals surface area contributed by atoms with Gasteiger partial charge in [-0.25, -0.2) is 4.98 Å². The lowest BCUT2D eigenvalue weighted by Gasteiger charge is -2.15. The van der Waals surface area contributed by atoms with Crippen molar-refractivity contribution in [1.82, 2.24) is 4.98 Å². The third kappa shape index (κ3) is 5.76. The van der Waals surface area contributed by atoms with Crippen LogP contribution in [0, 0.1) is 25.2 Å². The summed E-state index contributed by atoms with van der Waals surface area (Å²) in [5.41, 5.74) is 6.43. The molecule has 0 fully saturated rings. The van der Waals surface area contributed by atoms with Gasteiger partial charge in [-0.2, -0.15) is 5.26 Å². The number of aromatic nitrogens is 1. The largest absolute Gasteiger partial charge is 0.493 e. The molecule has 4 aromatic rings. The normalized spacial score (nSPS) is 10.5. The SMILES string of the molecule is COc1ccc(-c2cc(-c3ccccc3)nc(SCC(=O)Nc3cccc(C)c3C)c2C#N)cc1OC. The molecule has 3 aromatic carbocycles. The van der Waals surface area contributed by atoms with Gasteiger partial charge in [0.2, 0.25) is 5.91 Å². The minimum Gasteiger partial charge on any atom is -0.493 e. The van der Waals surface area contributed by atoms with Gasteiger partial charge in [-0.05, 0) is 54.8 Å². The number of pyridine rings is 1. The van der Waals surface area contributed by atoms with Crippen LogP contribution in [-0.2, 0) is 4.79 Å². The van der Waals surface area contributed by atoms with Gasteiger partial charge in [0, 0.05) is 16.8 Å². The Morgan fingerprint density at radius 3 is 2.41 bits per heavy atom. The first kappa shape index (κ1) is 25.8. The Bertz CT molecular complexity index is 1480. The molecular formula is C30H27N3O3S. The van der Waals surface area contributed by atoms with Crippen molar-refractivity contribution in [1.29, 1.82) is 5.26 Å². The zero-order valence-corrected chi connectivity index (χ0v) is 22.0. The lowest BCUT2D eigenvalue weighted by Crippen LogP contribution is -2.15. The molecule has 0 aliphatic carbocycles. The summed E-state index contributed by atoms with van der Waals surface area (Å²) in [5, 5.41) is 13.6. The maximum Gasteiger partial charge on any atom is 0.234 e. The number of ether oxygens (including phenoxy) is 2. The van der Waals surface area contributed by atoms with E-state index in [1.54, 1.807) is 14.2 Å². The van der Waals surface area contributed by atoms with Gasteiger partial charge in [-0.15, -0.1) is 0 Å². The number of aryl methyl sites for hydroxylation is 1. The van der Waals surface area contributed by atoms with Crippen LogP contribution >= 0.6 is 11.8 Å². The molecule has 4 rings (SSSR count). The number of methoxy groups -OCH3 is 2. The number of hydrogen-bond acceptors (Lipinski definition) is 6. The van der Waals surface area contributed by atoms with E-state index in [2.05, 4.69) is 11.4 Å². The number of hydrogen-bond donors (Lipinski definition) is 1. The van der Waals surface area contributed by atoms with Crippen LogP contribution in [0.1, 0.15) is 16.7 Å². The summed E-state index contributed by atoms with van der Waals surface area (Å²) < 4.78 is 10.9. The van der Waals surface area contributed by atoms with E-state index in [4.69, 9.17) is 14.5 Å². The van der Waals surface area contributed by atoms with Gasteiger partial charge in [0.05, 0.1) is 31.2 Å². The molecule has 0 atom stereocenters. The van der Waals surface area contributed by atoms with Gasteiger partial charge in [0.15, 0.2) is 11.5 Å². The number of carbonyl (C=O) groups excluding carboxylic acids is 1. The van der Waals surface area contributed by atoms with E-state index in [-0.39, 0.29) is 11.7 Å². The van der Waals surface area contributed by atoms with Crippen molar-refractivity contribution < 1.29 is 14.3 Å². The van der Waals surface area contributed by atoms with Crippen LogP contribution in [0.15, 0.2) is 77.8 Å². The first-order chi connectivity index (χ1) is 17.9. The Hall–Kier alpha value is -4.28. The Kier molecular flexibility index (Phi) is 8.11. The van der Waals surface area contributed by atoms with E-state index in [0.29, 0.717) is 33.3 Å². The van der Waals surface area contributed by atoms with Crippen molar-refractivity contribution in [2.75, 3.05) is 25.3 Å². The predicted octanol–water partition coefficient (Wildman–Crippen LogP) is 6.65. The monoisotopic (exact) mass is 509 g/mol. The van der Waals surface area contributed by atoms with Crippen molar-refractivity contribution >= 4 is 23.4 Å². The second kappa shape index (κ2) is 11.6. The minimum atomic E-state index is -0.165. The number of nitrogens with zero attached hydrogens (tertiary/aromatic N) is 2. The highest BCUT2D eigenvalue weighted by molar-refractivity contribution is 8.00. The van der Waals surface area contributed by atoms with Gasteiger partial charge in [0.1, 0.15) is 11.1 Å². The van der Waals surface area contributed by atoms with Crippen LogP contribution in [0.4, 0.5) is 5.69 Å². The van der Waals surface area contributed by atoms with E-state index >= 15 is 0 Å². The maximum absolute atomic E-state index is 12.8. The van der Waals surface area contributed by atoms with Gasteiger partial charge in [0.25, 0.3) is 0 Å². The van der Waals surface area contributed by atoms with Gasteiger partial charge < -0.3 is 14.8 Å². The van der Waals surface area contributed by atoms with Gasteiger partial charge in [-0.1, -0.05) is 60.3 Å². The average molecular weight is 510 g/mol. The van der Waals surface area contributed by atoms with E-state index in [9.17, 15) is 10.1 Å². The molecule has 7 heteroatoms. The van der Waals surface area contributed by atoms with Gasteiger partial charge >= 0.3 is 0 Å². The van der Waals surface area contributed by atoms with Gasteiger partial charge in [-0.3, -0.25) is 4.79 Å². The van der Waals surface area contributed by atoms with Crippen molar-refractivity contribution in [3.05, 3.63) is 89.5 Å². The Labute approximate surface area is 221 Å². The maximum atomic E-state index is 12.8. The minimum absolute atomic E-state index is 0.110. The molecule has 0 bridgehead atoms. The van der Waals surface area contributed by atoms with E-state index in [1.165, 1.54) is 11.8 Å². The number of thioether (sulfide) groups is 1. The molecule has 6 nitrogen and oxygen atoms in total. The molecule has 0 unspecified atom stereocenters. The molecule has 0 saturated carbocycles. The summed E-state index contributed by atoms with van der Waals surface area (Å²) >= 11 is 1.24. The van der Waals surface area contributed by atoms with Crippen molar-refractivity contribution in [2.24, 2.45) is 0 Å². The number of carbonyl (C=O) groups is 1. The van der Waals surface area contributed by atoms with Crippen LogP contribution in [0.3, 0.4) is 0 Å². The number of nitrogens with one attached hydrogen (secondary N) is 1. The molecule has 1 aromatic heterocycles. The van der Waals surface area contributed by atoms with Crippen molar-refractivity contribution in [2.45, 2.75) is 18.9 Å².